The summed E-state index contributed by atoms with van der Waals surface area (Å²) in [5.74, 6) is 0.577. The Balaban J connectivity index is 1.82. The highest BCUT2D eigenvalue weighted by atomic mass is 32.1. The van der Waals surface area contributed by atoms with Gasteiger partial charge in [0.05, 0.1) is 19.0 Å². The highest BCUT2D eigenvalue weighted by Crippen LogP contribution is 2.15. The molecule has 0 spiro atoms. The van der Waals surface area contributed by atoms with Crippen LogP contribution in [0.4, 0.5) is 0 Å². The topological polar surface area (TPSA) is 64.2 Å². The number of hydrogen-bond acceptors (Lipinski definition) is 5. The minimum absolute atomic E-state index is 0.161. The number of nitrogens with zero attached hydrogens (tertiary/aromatic N) is 4. The van der Waals surface area contributed by atoms with Gasteiger partial charge >= 0.3 is 0 Å². The molecule has 0 aliphatic rings. The summed E-state index contributed by atoms with van der Waals surface area (Å²) in [6.07, 6.45) is 3.22. The molecule has 3 aromatic heterocycles. The third-order valence-corrected chi connectivity index (χ3v) is 3.72. The fraction of sp³-hybridized carbons (Fsp3) is 0.214. The number of furan rings is 1. The van der Waals surface area contributed by atoms with E-state index in [9.17, 15) is 4.79 Å². The van der Waals surface area contributed by atoms with E-state index in [0.29, 0.717) is 18.8 Å². The molecule has 0 saturated heterocycles. The van der Waals surface area contributed by atoms with Crippen molar-refractivity contribution in [3.8, 4) is 0 Å². The number of thiophene rings is 1. The Morgan fingerprint density at radius 3 is 2.95 bits per heavy atom. The molecule has 21 heavy (non-hydrogen) atoms. The van der Waals surface area contributed by atoms with Crippen LogP contribution in [0.2, 0.25) is 0 Å². The molecule has 6 nitrogen and oxygen atoms in total. The standard InChI is InChI=1S/C14H14N4O2S/c1-17-9-13(15-16-17)14(19)18(7-11-4-6-21-10-11)8-12-3-2-5-20-12/h2-6,9-10H,7-8H2,1H3. The van der Waals surface area contributed by atoms with Crippen molar-refractivity contribution in [1.82, 2.24) is 19.9 Å². The first-order valence-electron chi connectivity index (χ1n) is 6.41. The van der Waals surface area contributed by atoms with Crippen molar-refractivity contribution in [2.45, 2.75) is 13.1 Å². The van der Waals surface area contributed by atoms with Crippen LogP contribution in [0.25, 0.3) is 0 Å². The monoisotopic (exact) mass is 302 g/mol. The summed E-state index contributed by atoms with van der Waals surface area (Å²) in [6, 6.07) is 5.67. The first kappa shape index (κ1) is 13.6. The van der Waals surface area contributed by atoms with E-state index in [1.807, 2.05) is 29.0 Å². The average Bonchev–Trinajstić information content (AvgIpc) is 3.19. The van der Waals surface area contributed by atoms with Crippen LogP contribution in [-0.2, 0) is 20.1 Å². The molecule has 0 fully saturated rings. The number of amides is 1. The molecule has 0 saturated carbocycles. The van der Waals surface area contributed by atoms with E-state index in [1.165, 1.54) is 4.68 Å². The minimum atomic E-state index is -0.161. The van der Waals surface area contributed by atoms with Gasteiger partial charge in [-0.15, -0.1) is 5.10 Å². The van der Waals surface area contributed by atoms with Crippen molar-refractivity contribution < 1.29 is 9.21 Å². The smallest absolute Gasteiger partial charge is 0.276 e. The van der Waals surface area contributed by atoms with E-state index >= 15 is 0 Å². The van der Waals surface area contributed by atoms with E-state index in [0.717, 1.165) is 11.3 Å². The molecule has 0 aliphatic carbocycles. The van der Waals surface area contributed by atoms with Crippen LogP contribution < -0.4 is 0 Å². The first-order chi connectivity index (χ1) is 10.2. The fourth-order valence-electron chi connectivity index (χ4n) is 2.00. The maximum Gasteiger partial charge on any atom is 0.276 e. The van der Waals surface area contributed by atoms with E-state index in [4.69, 9.17) is 4.42 Å². The van der Waals surface area contributed by atoms with Crippen LogP contribution in [0.5, 0.6) is 0 Å². The van der Waals surface area contributed by atoms with E-state index in [-0.39, 0.29) is 5.91 Å². The van der Waals surface area contributed by atoms with Crippen LogP contribution in [0.3, 0.4) is 0 Å². The SMILES string of the molecule is Cn1cc(C(=O)N(Cc2ccsc2)Cc2ccco2)nn1. The molecule has 3 aromatic rings. The molecule has 0 unspecified atom stereocenters. The van der Waals surface area contributed by atoms with Crippen molar-refractivity contribution in [3.63, 3.8) is 0 Å². The van der Waals surface area contributed by atoms with Gasteiger partial charge in [0.1, 0.15) is 5.76 Å². The molecule has 0 aliphatic heterocycles. The van der Waals surface area contributed by atoms with E-state index in [2.05, 4.69) is 10.3 Å². The lowest BCUT2D eigenvalue weighted by Gasteiger charge is -2.20. The molecular weight excluding hydrogens is 288 g/mol. The summed E-state index contributed by atoms with van der Waals surface area (Å²) >= 11 is 1.61. The lowest BCUT2D eigenvalue weighted by atomic mass is 10.2. The van der Waals surface area contributed by atoms with Gasteiger partial charge in [0.2, 0.25) is 0 Å². The number of rotatable bonds is 5. The highest BCUT2D eigenvalue weighted by Gasteiger charge is 2.20. The molecular formula is C14H14N4O2S. The van der Waals surface area contributed by atoms with Gasteiger partial charge in [-0.1, -0.05) is 5.21 Å². The van der Waals surface area contributed by atoms with Gasteiger partial charge in [0, 0.05) is 13.6 Å². The normalized spacial score (nSPS) is 10.7. The number of aromatic nitrogens is 3. The Morgan fingerprint density at radius 2 is 2.33 bits per heavy atom. The molecule has 0 N–H and O–H groups in total. The third kappa shape index (κ3) is 3.19. The summed E-state index contributed by atoms with van der Waals surface area (Å²) in [4.78, 5) is 14.3. The summed E-state index contributed by atoms with van der Waals surface area (Å²) in [5.41, 5.74) is 1.42. The average molecular weight is 302 g/mol. The largest absolute Gasteiger partial charge is 0.467 e. The molecule has 1 amide bonds. The summed E-state index contributed by atoms with van der Waals surface area (Å²) in [7, 11) is 1.74. The van der Waals surface area contributed by atoms with Gasteiger partial charge in [0.15, 0.2) is 5.69 Å². The van der Waals surface area contributed by atoms with Crippen LogP contribution in [0, 0.1) is 0 Å². The second-order valence-electron chi connectivity index (χ2n) is 4.65. The highest BCUT2D eigenvalue weighted by molar-refractivity contribution is 7.07. The zero-order valence-corrected chi connectivity index (χ0v) is 12.3. The van der Waals surface area contributed by atoms with Gasteiger partial charge in [-0.2, -0.15) is 11.3 Å². The second kappa shape index (κ2) is 5.92. The van der Waals surface area contributed by atoms with Crippen LogP contribution in [0.15, 0.2) is 45.8 Å². The van der Waals surface area contributed by atoms with Crippen LogP contribution in [0.1, 0.15) is 21.8 Å². The minimum Gasteiger partial charge on any atom is -0.467 e. The lowest BCUT2D eigenvalue weighted by Crippen LogP contribution is -2.30. The van der Waals surface area contributed by atoms with Gasteiger partial charge in [0.25, 0.3) is 5.91 Å². The van der Waals surface area contributed by atoms with Gasteiger partial charge in [-0.3, -0.25) is 9.48 Å². The molecule has 0 atom stereocenters. The Morgan fingerprint density at radius 1 is 1.43 bits per heavy atom. The van der Waals surface area contributed by atoms with Crippen molar-refractivity contribution >= 4 is 17.2 Å². The first-order valence-corrected chi connectivity index (χ1v) is 7.36. The van der Waals surface area contributed by atoms with Gasteiger partial charge < -0.3 is 9.32 Å². The number of hydrogen-bond donors (Lipinski definition) is 0. The zero-order valence-electron chi connectivity index (χ0n) is 11.5. The molecule has 0 bridgehead atoms. The molecule has 108 valence electrons. The van der Waals surface area contributed by atoms with E-state index in [1.54, 1.807) is 35.7 Å². The number of carbonyl (C=O) groups is 1. The maximum absolute atomic E-state index is 12.6. The fourth-order valence-corrected chi connectivity index (χ4v) is 2.66. The summed E-state index contributed by atoms with van der Waals surface area (Å²) in [5, 5.41) is 11.7. The van der Waals surface area contributed by atoms with Crippen molar-refractivity contribution in [3.05, 3.63) is 58.4 Å². The molecule has 7 heteroatoms. The Hall–Kier alpha value is -2.41. The predicted octanol–water partition coefficient (Wildman–Crippen LogP) is 2.31. The van der Waals surface area contributed by atoms with Crippen molar-refractivity contribution in [2.75, 3.05) is 0 Å². The van der Waals surface area contributed by atoms with Crippen molar-refractivity contribution in [1.29, 1.82) is 0 Å². The Bertz CT molecular complexity index is 667. The Labute approximate surface area is 125 Å². The van der Waals surface area contributed by atoms with Gasteiger partial charge in [-0.05, 0) is 34.5 Å². The third-order valence-electron chi connectivity index (χ3n) is 2.99. The lowest BCUT2D eigenvalue weighted by molar-refractivity contribution is 0.0712. The van der Waals surface area contributed by atoms with Crippen LogP contribution in [-0.4, -0.2) is 25.8 Å². The quantitative estimate of drug-likeness (QED) is 0.725. The molecule has 3 rings (SSSR count). The van der Waals surface area contributed by atoms with Crippen molar-refractivity contribution in [2.24, 2.45) is 7.05 Å². The number of aryl methyl sites for hydroxylation is 1. The molecule has 3 heterocycles. The molecule has 0 aromatic carbocycles. The second-order valence-corrected chi connectivity index (χ2v) is 5.43. The maximum atomic E-state index is 12.6. The Kier molecular flexibility index (Phi) is 3.83. The van der Waals surface area contributed by atoms with Gasteiger partial charge in [-0.25, -0.2) is 0 Å². The predicted molar refractivity (Wildman–Crippen MR) is 77.6 cm³/mol. The van der Waals surface area contributed by atoms with Crippen LogP contribution >= 0.6 is 11.3 Å². The number of carbonyl (C=O) groups excluding carboxylic acids is 1. The molecule has 0 radical (unpaired) electrons. The summed E-state index contributed by atoms with van der Waals surface area (Å²) < 4.78 is 6.86. The zero-order chi connectivity index (χ0) is 14.7. The van der Waals surface area contributed by atoms with E-state index < -0.39 is 0 Å². The summed E-state index contributed by atoms with van der Waals surface area (Å²) in [6.45, 7) is 0.915.